The molecule has 1 heterocycles. The van der Waals surface area contributed by atoms with Crippen LogP contribution >= 0.6 is 0 Å². The van der Waals surface area contributed by atoms with Gasteiger partial charge in [0.1, 0.15) is 12.1 Å². The van der Waals surface area contributed by atoms with Gasteiger partial charge in [-0.3, -0.25) is 0 Å². The fraction of sp³-hybridized carbons (Fsp3) is 1.00. The number of rotatable bonds is 0. The van der Waals surface area contributed by atoms with Gasteiger partial charge in [0.15, 0.2) is 0 Å². The fourth-order valence-corrected chi connectivity index (χ4v) is 2.14. The lowest BCUT2D eigenvalue weighted by molar-refractivity contribution is -0.918. The molecule has 0 saturated carbocycles. The molecule has 0 bridgehead atoms. The van der Waals surface area contributed by atoms with Crippen molar-refractivity contribution in [1.82, 2.24) is 0 Å². The van der Waals surface area contributed by atoms with E-state index in [0.717, 1.165) is 6.42 Å². The van der Waals surface area contributed by atoms with Crippen LogP contribution in [0.5, 0.6) is 0 Å². The minimum absolute atomic E-state index is 0.113. The molecule has 1 rings (SSSR count). The maximum absolute atomic E-state index is 9.86. The van der Waals surface area contributed by atoms with Gasteiger partial charge in [0.2, 0.25) is 0 Å². The lowest BCUT2D eigenvalue weighted by Crippen LogP contribution is -3.16. The highest BCUT2D eigenvalue weighted by Gasteiger charge is 2.38. The van der Waals surface area contributed by atoms with Crippen molar-refractivity contribution >= 4 is 0 Å². The summed E-state index contributed by atoms with van der Waals surface area (Å²) in [5.74, 6) is 0.652. The van der Waals surface area contributed by atoms with Crippen LogP contribution in [0.4, 0.5) is 0 Å². The second kappa shape index (κ2) is 3.58. The average Bonchev–Trinajstić information content (AvgIpc) is 1.97. The van der Waals surface area contributed by atoms with E-state index in [2.05, 4.69) is 34.7 Å². The van der Waals surface area contributed by atoms with Crippen LogP contribution in [0.1, 0.15) is 34.1 Å². The van der Waals surface area contributed by atoms with E-state index in [1.165, 1.54) is 11.4 Å². The highest BCUT2D eigenvalue weighted by molar-refractivity contribution is 4.81. The lowest BCUT2D eigenvalue weighted by atomic mass is 9.74. The lowest BCUT2D eigenvalue weighted by Gasteiger charge is -2.41. The first-order valence-electron chi connectivity index (χ1n) is 5.32. The van der Waals surface area contributed by atoms with Crippen LogP contribution < -0.4 is 4.90 Å². The SMILES string of the molecule is C[C@@H]1[C@@H](O)C[C@H](C(C)(C)C)C[NH+]1C. The molecule has 0 amide bonds. The molecule has 0 spiro atoms. The van der Waals surface area contributed by atoms with Crippen molar-refractivity contribution in [2.24, 2.45) is 11.3 Å². The molecule has 1 fully saturated rings. The molecule has 1 aliphatic rings. The van der Waals surface area contributed by atoms with Gasteiger partial charge >= 0.3 is 0 Å². The number of likely N-dealkylation sites (N-methyl/N-ethyl adjacent to an activating group) is 1. The second-order valence-electron chi connectivity index (χ2n) is 5.71. The van der Waals surface area contributed by atoms with E-state index in [4.69, 9.17) is 0 Å². The number of nitrogens with one attached hydrogen (secondary N) is 1. The van der Waals surface area contributed by atoms with Gasteiger partial charge in [0.05, 0.1) is 13.6 Å². The van der Waals surface area contributed by atoms with Crippen molar-refractivity contribution < 1.29 is 10.0 Å². The van der Waals surface area contributed by atoms with Gasteiger partial charge in [0.25, 0.3) is 0 Å². The van der Waals surface area contributed by atoms with E-state index in [1.54, 1.807) is 0 Å². The van der Waals surface area contributed by atoms with Crippen molar-refractivity contribution in [3.63, 3.8) is 0 Å². The molecule has 4 atom stereocenters. The summed E-state index contributed by atoms with van der Waals surface area (Å²) >= 11 is 0. The quantitative estimate of drug-likeness (QED) is 0.559. The van der Waals surface area contributed by atoms with Gasteiger partial charge in [-0.1, -0.05) is 20.8 Å². The Hall–Kier alpha value is -0.0800. The Labute approximate surface area is 81.9 Å². The summed E-state index contributed by atoms with van der Waals surface area (Å²) in [5.41, 5.74) is 0.336. The van der Waals surface area contributed by atoms with Crippen LogP contribution in [-0.2, 0) is 0 Å². The normalized spacial score (nSPS) is 42.0. The number of hydrogen-bond acceptors (Lipinski definition) is 1. The molecule has 0 aromatic heterocycles. The van der Waals surface area contributed by atoms with E-state index in [-0.39, 0.29) is 6.10 Å². The standard InChI is InChI=1S/C11H23NO/c1-8-10(13)6-9(7-12(8)5)11(2,3)4/h8-10,13H,6-7H2,1-5H3/p+1/t8-,9+,10+/m1/s1. The van der Waals surface area contributed by atoms with Gasteiger partial charge in [-0.05, 0) is 18.8 Å². The van der Waals surface area contributed by atoms with Crippen molar-refractivity contribution in [2.45, 2.75) is 46.3 Å². The van der Waals surface area contributed by atoms with Crippen molar-refractivity contribution in [1.29, 1.82) is 0 Å². The smallest absolute Gasteiger partial charge is 0.111 e. The average molecular weight is 186 g/mol. The molecule has 1 aliphatic heterocycles. The third-order valence-electron chi connectivity index (χ3n) is 3.67. The summed E-state index contributed by atoms with van der Waals surface area (Å²) in [4.78, 5) is 1.47. The summed E-state index contributed by atoms with van der Waals surface area (Å²) < 4.78 is 0. The number of likely N-dealkylation sites (tertiary alicyclic amines) is 1. The Morgan fingerprint density at radius 1 is 1.31 bits per heavy atom. The van der Waals surface area contributed by atoms with Gasteiger partial charge in [0, 0.05) is 5.92 Å². The van der Waals surface area contributed by atoms with Gasteiger partial charge in [-0.15, -0.1) is 0 Å². The van der Waals surface area contributed by atoms with Crippen molar-refractivity contribution in [2.75, 3.05) is 13.6 Å². The molecule has 1 saturated heterocycles. The van der Waals surface area contributed by atoms with E-state index in [9.17, 15) is 5.11 Å². The highest BCUT2D eigenvalue weighted by atomic mass is 16.3. The zero-order valence-electron chi connectivity index (χ0n) is 9.59. The molecule has 0 radical (unpaired) electrons. The van der Waals surface area contributed by atoms with Crippen molar-refractivity contribution in [3.05, 3.63) is 0 Å². The minimum Gasteiger partial charge on any atom is -0.387 e. The van der Waals surface area contributed by atoms with Gasteiger partial charge in [-0.2, -0.15) is 0 Å². The molecule has 2 N–H and O–H groups in total. The summed E-state index contributed by atoms with van der Waals surface area (Å²) in [5, 5.41) is 9.86. The van der Waals surface area contributed by atoms with Crippen LogP contribution in [0.25, 0.3) is 0 Å². The number of quaternary nitrogens is 1. The van der Waals surface area contributed by atoms with E-state index >= 15 is 0 Å². The molecule has 78 valence electrons. The Bertz CT molecular complexity index is 161. The molecule has 2 nitrogen and oxygen atoms in total. The first-order chi connectivity index (χ1) is 5.82. The first-order valence-corrected chi connectivity index (χ1v) is 5.32. The molecular weight excluding hydrogens is 162 g/mol. The Morgan fingerprint density at radius 2 is 1.85 bits per heavy atom. The molecule has 2 heteroatoms. The Balaban J connectivity index is 2.64. The van der Waals surface area contributed by atoms with Gasteiger partial charge in [-0.25, -0.2) is 0 Å². The molecule has 0 aromatic carbocycles. The van der Waals surface area contributed by atoms with E-state index < -0.39 is 0 Å². The largest absolute Gasteiger partial charge is 0.387 e. The zero-order chi connectivity index (χ0) is 10.2. The summed E-state index contributed by atoms with van der Waals surface area (Å²) in [7, 11) is 2.19. The van der Waals surface area contributed by atoms with Crippen LogP contribution in [0.2, 0.25) is 0 Å². The van der Waals surface area contributed by atoms with Crippen LogP contribution in [0.3, 0.4) is 0 Å². The van der Waals surface area contributed by atoms with Crippen LogP contribution in [-0.4, -0.2) is 30.8 Å². The highest BCUT2D eigenvalue weighted by Crippen LogP contribution is 2.30. The summed E-state index contributed by atoms with van der Waals surface area (Å²) in [6.45, 7) is 10.1. The molecule has 0 aromatic rings. The van der Waals surface area contributed by atoms with Crippen LogP contribution in [0.15, 0.2) is 0 Å². The van der Waals surface area contributed by atoms with E-state index in [1.807, 2.05) is 0 Å². The fourth-order valence-electron chi connectivity index (χ4n) is 2.14. The maximum atomic E-state index is 9.86. The summed E-state index contributed by atoms with van der Waals surface area (Å²) in [6, 6.07) is 0.401. The monoisotopic (exact) mass is 186 g/mol. The maximum Gasteiger partial charge on any atom is 0.111 e. The molecular formula is C11H24NO+. The predicted octanol–water partition coefficient (Wildman–Crippen LogP) is 0.317. The second-order valence-corrected chi connectivity index (χ2v) is 5.71. The summed E-state index contributed by atoms with van der Waals surface area (Å²) in [6.07, 6.45) is 0.861. The Kier molecular flexibility index (Phi) is 3.03. The number of aliphatic hydroxyl groups is 1. The zero-order valence-corrected chi connectivity index (χ0v) is 9.59. The molecule has 1 unspecified atom stereocenters. The number of aliphatic hydroxyl groups excluding tert-OH is 1. The van der Waals surface area contributed by atoms with Crippen molar-refractivity contribution in [3.8, 4) is 0 Å². The minimum atomic E-state index is -0.113. The molecule has 0 aliphatic carbocycles. The first kappa shape index (κ1) is 11.0. The predicted molar refractivity (Wildman–Crippen MR) is 54.8 cm³/mol. The number of piperidine rings is 1. The molecule has 13 heavy (non-hydrogen) atoms. The van der Waals surface area contributed by atoms with E-state index in [0.29, 0.717) is 17.4 Å². The van der Waals surface area contributed by atoms with Gasteiger partial charge < -0.3 is 10.0 Å². The topological polar surface area (TPSA) is 24.7 Å². The number of hydrogen-bond donors (Lipinski definition) is 2. The Morgan fingerprint density at radius 3 is 2.23 bits per heavy atom. The third kappa shape index (κ3) is 2.44. The van der Waals surface area contributed by atoms with Crippen LogP contribution in [0, 0.1) is 11.3 Å². The third-order valence-corrected chi connectivity index (χ3v) is 3.67.